The van der Waals surface area contributed by atoms with Crippen molar-refractivity contribution in [1.82, 2.24) is 0 Å². The first-order chi connectivity index (χ1) is 5.66. The van der Waals surface area contributed by atoms with Gasteiger partial charge in [0.25, 0.3) is 0 Å². The van der Waals surface area contributed by atoms with Gasteiger partial charge in [-0.3, -0.25) is 0 Å². The van der Waals surface area contributed by atoms with E-state index in [1.165, 1.54) is 0 Å². The third kappa shape index (κ3) is 1.86. The van der Waals surface area contributed by atoms with Crippen LogP contribution in [-0.2, 0) is 6.61 Å². The lowest BCUT2D eigenvalue weighted by molar-refractivity contribution is 0.283. The van der Waals surface area contributed by atoms with Gasteiger partial charge in [-0.2, -0.15) is 0 Å². The minimum atomic E-state index is 0.0541. The van der Waals surface area contributed by atoms with Crippen LogP contribution in [0.4, 0.5) is 0 Å². The molecule has 0 unspecified atom stereocenters. The summed E-state index contributed by atoms with van der Waals surface area (Å²) < 4.78 is 0. The van der Waals surface area contributed by atoms with E-state index in [1.807, 2.05) is 11.4 Å². The Labute approximate surface area is 77.0 Å². The van der Waals surface area contributed by atoms with Gasteiger partial charge in [-0.05, 0) is 22.9 Å². The van der Waals surface area contributed by atoms with E-state index in [0.717, 1.165) is 10.4 Å². The Morgan fingerprint density at radius 1 is 1.58 bits per heavy atom. The molecule has 0 radical (unpaired) electrons. The van der Waals surface area contributed by atoms with Crippen molar-refractivity contribution < 1.29 is 5.11 Å². The Kier molecular flexibility index (Phi) is 3.26. The molecule has 12 heavy (non-hydrogen) atoms. The van der Waals surface area contributed by atoms with E-state index < -0.39 is 0 Å². The van der Waals surface area contributed by atoms with Gasteiger partial charge in [0.2, 0.25) is 0 Å². The summed E-state index contributed by atoms with van der Waals surface area (Å²) in [6.45, 7) is 4.28. The van der Waals surface area contributed by atoms with Crippen molar-refractivity contribution in [1.29, 1.82) is 0 Å². The van der Waals surface area contributed by atoms with Crippen LogP contribution >= 0.6 is 11.3 Å². The quantitative estimate of drug-likeness (QED) is 0.755. The Balaban J connectivity index is 2.86. The number of hydrogen-bond acceptors (Lipinski definition) is 3. The molecule has 0 aliphatic rings. The van der Waals surface area contributed by atoms with Gasteiger partial charge in [0.15, 0.2) is 0 Å². The van der Waals surface area contributed by atoms with E-state index in [1.54, 1.807) is 11.3 Å². The second-order valence-corrected chi connectivity index (χ2v) is 4.23. The second-order valence-electron chi connectivity index (χ2n) is 3.23. The Hall–Kier alpha value is -0.380. The Morgan fingerprint density at radius 3 is 2.75 bits per heavy atom. The van der Waals surface area contributed by atoms with Crippen LogP contribution in [0, 0.1) is 5.92 Å². The lowest BCUT2D eigenvalue weighted by atomic mass is 9.98. The molecule has 3 heteroatoms. The van der Waals surface area contributed by atoms with E-state index in [9.17, 15) is 0 Å². The zero-order chi connectivity index (χ0) is 9.14. The predicted molar refractivity (Wildman–Crippen MR) is 52.0 cm³/mol. The number of rotatable bonds is 3. The summed E-state index contributed by atoms with van der Waals surface area (Å²) in [4.78, 5) is 0.996. The van der Waals surface area contributed by atoms with Crippen LogP contribution < -0.4 is 5.73 Å². The molecule has 0 saturated heterocycles. The van der Waals surface area contributed by atoms with Crippen molar-refractivity contribution in [3.05, 3.63) is 21.9 Å². The van der Waals surface area contributed by atoms with Gasteiger partial charge in [-0.25, -0.2) is 0 Å². The standard InChI is InChI=1S/C9H15NOS/c1-6(2)9(10)7-3-4-12-8(7)5-11/h3-4,6,9,11H,5,10H2,1-2H3/t9-/m1/s1. The zero-order valence-electron chi connectivity index (χ0n) is 7.45. The molecule has 1 heterocycles. The molecule has 0 aliphatic carbocycles. The van der Waals surface area contributed by atoms with Crippen molar-refractivity contribution in [3.8, 4) is 0 Å². The van der Waals surface area contributed by atoms with Crippen LogP contribution in [0.5, 0.6) is 0 Å². The van der Waals surface area contributed by atoms with E-state index in [4.69, 9.17) is 10.8 Å². The largest absolute Gasteiger partial charge is 0.391 e. The van der Waals surface area contributed by atoms with Crippen LogP contribution in [0.2, 0.25) is 0 Å². The van der Waals surface area contributed by atoms with Crippen LogP contribution in [0.25, 0.3) is 0 Å². The molecule has 68 valence electrons. The number of nitrogens with two attached hydrogens (primary N) is 1. The summed E-state index contributed by atoms with van der Waals surface area (Å²) in [5, 5.41) is 11.0. The summed E-state index contributed by atoms with van der Waals surface area (Å²) in [6, 6.07) is 2.05. The van der Waals surface area contributed by atoms with Gasteiger partial charge >= 0.3 is 0 Å². The molecular formula is C9H15NOS. The van der Waals surface area contributed by atoms with Gasteiger partial charge in [-0.1, -0.05) is 13.8 Å². The first kappa shape index (κ1) is 9.71. The van der Waals surface area contributed by atoms with Gasteiger partial charge in [0, 0.05) is 10.9 Å². The SMILES string of the molecule is CC(C)[C@@H](N)c1ccsc1CO. The fraction of sp³-hybridized carbons (Fsp3) is 0.556. The molecule has 0 fully saturated rings. The molecule has 0 aromatic carbocycles. The number of hydrogen-bond donors (Lipinski definition) is 2. The predicted octanol–water partition coefficient (Wildman–Crippen LogP) is 1.90. The lowest BCUT2D eigenvalue weighted by Gasteiger charge is -2.15. The van der Waals surface area contributed by atoms with Crippen molar-refractivity contribution in [2.45, 2.75) is 26.5 Å². The number of aliphatic hydroxyl groups is 1. The average molecular weight is 185 g/mol. The molecule has 1 aromatic rings. The van der Waals surface area contributed by atoms with E-state index in [0.29, 0.717) is 5.92 Å². The Bertz CT molecular complexity index is 244. The normalized spacial score (nSPS) is 13.8. The average Bonchev–Trinajstić information content (AvgIpc) is 2.49. The summed E-state index contributed by atoms with van der Waals surface area (Å²) in [6.07, 6.45) is 0. The second kappa shape index (κ2) is 4.03. The molecule has 0 spiro atoms. The highest BCUT2D eigenvalue weighted by atomic mass is 32.1. The maximum atomic E-state index is 8.99. The Morgan fingerprint density at radius 2 is 2.25 bits per heavy atom. The highest BCUT2D eigenvalue weighted by Crippen LogP contribution is 2.26. The molecular weight excluding hydrogens is 170 g/mol. The first-order valence-electron chi connectivity index (χ1n) is 4.09. The van der Waals surface area contributed by atoms with E-state index in [2.05, 4.69) is 13.8 Å². The molecule has 0 saturated carbocycles. The molecule has 1 aromatic heterocycles. The minimum Gasteiger partial charge on any atom is -0.391 e. The number of aliphatic hydroxyl groups excluding tert-OH is 1. The molecule has 3 N–H and O–H groups in total. The van der Waals surface area contributed by atoms with Crippen molar-refractivity contribution in [2.75, 3.05) is 0 Å². The maximum Gasteiger partial charge on any atom is 0.0777 e. The summed E-state index contributed by atoms with van der Waals surface area (Å²) in [7, 11) is 0. The van der Waals surface area contributed by atoms with Gasteiger partial charge in [0.05, 0.1) is 6.61 Å². The summed E-state index contributed by atoms with van der Waals surface area (Å²) in [5.41, 5.74) is 7.05. The smallest absolute Gasteiger partial charge is 0.0777 e. The van der Waals surface area contributed by atoms with E-state index >= 15 is 0 Å². The molecule has 0 amide bonds. The van der Waals surface area contributed by atoms with Gasteiger partial charge in [0.1, 0.15) is 0 Å². The maximum absolute atomic E-state index is 8.99. The lowest BCUT2D eigenvalue weighted by Crippen LogP contribution is -2.17. The monoisotopic (exact) mass is 185 g/mol. The highest BCUT2D eigenvalue weighted by molar-refractivity contribution is 7.10. The molecule has 1 atom stereocenters. The van der Waals surface area contributed by atoms with Crippen LogP contribution in [0.3, 0.4) is 0 Å². The third-order valence-corrected chi connectivity index (χ3v) is 2.92. The topological polar surface area (TPSA) is 46.2 Å². The summed E-state index contributed by atoms with van der Waals surface area (Å²) >= 11 is 1.57. The van der Waals surface area contributed by atoms with Gasteiger partial charge in [-0.15, -0.1) is 11.3 Å². The molecule has 1 rings (SSSR count). The minimum absolute atomic E-state index is 0.0541. The van der Waals surface area contributed by atoms with Crippen molar-refractivity contribution in [2.24, 2.45) is 11.7 Å². The zero-order valence-corrected chi connectivity index (χ0v) is 8.27. The molecule has 2 nitrogen and oxygen atoms in total. The van der Waals surface area contributed by atoms with Crippen LogP contribution in [0.1, 0.15) is 30.3 Å². The highest BCUT2D eigenvalue weighted by Gasteiger charge is 2.14. The fourth-order valence-electron chi connectivity index (χ4n) is 1.14. The third-order valence-electron chi connectivity index (χ3n) is 2.00. The van der Waals surface area contributed by atoms with Crippen molar-refractivity contribution >= 4 is 11.3 Å². The molecule has 0 aliphatic heterocycles. The fourth-order valence-corrected chi connectivity index (χ4v) is 1.93. The number of thiophene rings is 1. The first-order valence-corrected chi connectivity index (χ1v) is 4.97. The van der Waals surface area contributed by atoms with Crippen LogP contribution in [-0.4, -0.2) is 5.11 Å². The summed E-state index contributed by atoms with van der Waals surface area (Å²) in [5.74, 6) is 0.421. The van der Waals surface area contributed by atoms with E-state index in [-0.39, 0.29) is 12.6 Å². The van der Waals surface area contributed by atoms with Gasteiger partial charge < -0.3 is 10.8 Å². The molecule has 0 bridgehead atoms. The van der Waals surface area contributed by atoms with Crippen LogP contribution in [0.15, 0.2) is 11.4 Å². The van der Waals surface area contributed by atoms with Crippen molar-refractivity contribution in [3.63, 3.8) is 0 Å².